The number of hydrogen-bond acceptors (Lipinski definition) is 4. The predicted molar refractivity (Wildman–Crippen MR) is 90.4 cm³/mol. The second-order valence-electron chi connectivity index (χ2n) is 4.86. The molecule has 0 aliphatic rings. The molecular weight excluding hydrogens is 324 g/mol. The first-order valence-corrected chi connectivity index (χ1v) is 7.33. The minimum atomic E-state index is -1.26. The van der Waals surface area contributed by atoms with E-state index in [0.29, 0.717) is 11.8 Å². The van der Waals surface area contributed by atoms with Crippen LogP contribution >= 0.6 is 0 Å². The van der Waals surface area contributed by atoms with Crippen molar-refractivity contribution < 1.29 is 24.2 Å². The van der Waals surface area contributed by atoms with Crippen LogP contribution in [-0.4, -0.2) is 29.5 Å². The molecule has 0 saturated carbocycles. The first-order valence-electron chi connectivity index (χ1n) is 7.33. The molecule has 7 heteroatoms. The number of nitrogens with one attached hydrogen (secondary N) is 2. The minimum Gasteiger partial charge on any atom is -0.483 e. The molecule has 2 rings (SSSR count). The Hall–Kier alpha value is -3.61. The predicted octanol–water partition coefficient (Wildman–Crippen LogP) is 1.52. The van der Waals surface area contributed by atoms with Gasteiger partial charge >= 0.3 is 5.97 Å². The lowest BCUT2D eigenvalue weighted by Crippen LogP contribution is -2.43. The topological polar surface area (TPSA) is 105 Å². The maximum atomic E-state index is 11.7. The fourth-order valence-electron chi connectivity index (χ4n) is 1.95. The van der Waals surface area contributed by atoms with E-state index in [4.69, 9.17) is 9.84 Å². The van der Waals surface area contributed by atoms with Crippen LogP contribution in [0, 0.1) is 0 Å². The van der Waals surface area contributed by atoms with Gasteiger partial charge in [0, 0.05) is 17.7 Å². The highest BCUT2D eigenvalue weighted by Crippen LogP contribution is 2.29. The number of amides is 2. The lowest BCUT2D eigenvalue weighted by Gasteiger charge is -2.11. The average molecular weight is 340 g/mol. The first-order chi connectivity index (χ1) is 12.1. The number of benzene rings is 2. The van der Waals surface area contributed by atoms with Gasteiger partial charge in [-0.15, -0.1) is 0 Å². The number of carboxylic acid groups (broad SMARTS) is 1. The zero-order valence-electron chi connectivity index (χ0n) is 13.1. The van der Waals surface area contributed by atoms with Crippen molar-refractivity contribution in [2.45, 2.75) is 0 Å². The number of carbonyl (C=O) groups is 3. The van der Waals surface area contributed by atoms with Crippen molar-refractivity contribution in [3.63, 3.8) is 0 Å². The quantitative estimate of drug-likeness (QED) is 0.546. The highest BCUT2D eigenvalue weighted by Gasteiger charge is 2.08. The number of rotatable bonds is 6. The highest BCUT2D eigenvalue weighted by atomic mass is 16.5. The van der Waals surface area contributed by atoms with Crippen LogP contribution in [0.4, 0.5) is 0 Å². The van der Waals surface area contributed by atoms with Gasteiger partial charge in [0.05, 0.1) is 0 Å². The van der Waals surface area contributed by atoms with Gasteiger partial charge in [-0.25, -0.2) is 4.79 Å². The second kappa shape index (κ2) is 8.88. The number of hydrazine groups is 1. The Morgan fingerprint density at radius 1 is 0.920 bits per heavy atom. The van der Waals surface area contributed by atoms with Gasteiger partial charge in [0.15, 0.2) is 6.61 Å². The van der Waals surface area contributed by atoms with Gasteiger partial charge in [0.1, 0.15) is 5.75 Å². The van der Waals surface area contributed by atoms with E-state index < -0.39 is 17.8 Å². The van der Waals surface area contributed by atoms with Gasteiger partial charge in [-0.1, -0.05) is 48.5 Å². The van der Waals surface area contributed by atoms with Gasteiger partial charge in [0.25, 0.3) is 11.8 Å². The smallest absolute Gasteiger partial charge is 0.328 e. The van der Waals surface area contributed by atoms with Crippen molar-refractivity contribution in [1.82, 2.24) is 10.9 Å². The van der Waals surface area contributed by atoms with Crippen molar-refractivity contribution >= 4 is 17.8 Å². The Labute approximate surface area is 143 Å². The van der Waals surface area contributed by atoms with Gasteiger partial charge < -0.3 is 9.84 Å². The monoisotopic (exact) mass is 340 g/mol. The molecule has 7 nitrogen and oxygen atoms in total. The molecule has 2 aromatic carbocycles. The first kappa shape index (κ1) is 17.7. The molecule has 0 spiro atoms. The minimum absolute atomic E-state index is 0.313. The van der Waals surface area contributed by atoms with Crippen LogP contribution < -0.4 is 15.6 Å². The number of aliphatic carboxylic acids is 1. The molecular formula is C18H16N2O5. The van der Waals surface area contributed by atoms with Crippen LogP contribution in [-0.2, 0) is 14.4 Å². The summed E-state index contributed by atoms with van der Waals surface area (Å²) in [5.74, 6) is -2.08. The number of para-hydroxylation sites is 1. The third kappa shape index (κ3) is 5.83. The van der Waals surface area contributed by atoms with Crippen LogP contribution in [0.5, 0.6) is 5.75 Å². The zero-order chi connectivity index (χ0) is 18.1. The Bertz CT molecular complexity index is 787. The van der Waals surface area contributed by atoms with Gasteiger partial charge in [-0.2, -0.15) is 0 Å². The van der Waals surface area contributed by atoms with Crippen molar-refractivity contribution in [1.29, 1.82) is 0 Å². The van der Waals surface area contributed by atoms with E-state index in [-0.39, 0.29) is 6.61 Å². The van der Waals surface area contributed by atoms with Crippen molar-refractivity contribution in [2.75, 3.05) is 6.61 Å². The Kier molecular flexibility index (Phi) is 6.30. The molecule has 0 unspecified atom stereocenters. The molecule has 0 bridgehead atoms. The van der Waals surface area contributed by atoms with E-state index >= 15 is 0 Å². The summed E-state index contributed by atoms with van der Waals surface area (Å²) in [6.07, 6.45) is 1.45. The standard InChI is InChI=1S/C18H16N2O5/c21-16(10-11-18(23)24)19-20-17(22)12-25-15-9-5-4-8-14(15)13-6-2-1-3-7-13/h1-11H,12H2,(H,19,21)(H,20,22)(H,23,24). The third-order valence-electron chi connectivity index (χ3n) is 3.03. The van der Waals surface area contributed by atoms with Crippen molar-refractivity contribution in [3.8, 4) is 16.9 Å². The van der Waals surface area contributed by atoms with Crippen LogP contribution in [0.2, 0.25) is 0 Å². The number of carbonyl (C=O) groups excluding carboxylic acids is 2. The van der Waals surface area contributed by atoms with Crippen LogP contribution in [0.15, 0.2) is 66.7 Å². The molecule has 2 amide bonds. The molecule has 3 N–H and O–H groups in total. The van der Waals surface area contributed by atoms with E-state index in [1.807, 2.05) is 42.5 Å². The van der Waals surface area contributed by atoms with E-state index in [0.717, 1.165) is 17.2 Å². The van der Waals surface area contributed by atoms with Gasteiger partial charge in [-0.05, 0) is 11.6 Å². The fraction of sp³-hybridized carbons (Fsp3) is 0.0556. The maximum absolute atomic E-state index is 11.7. The third-order valence-corrected chi connectivity index (χ3v) is 3.03. The summed E-state index contributed by atoms with van der Waals surface area (Å²) >= 11 is 0. The summed E-state index contributed by atoms with van der Waals surface area (Å²) < 4.78 is 5.51. The molecule has 0 fully saturated rings. The lowest BCUT2D eigenvalue weighted by atomic mass is 10.1. The molecule has 0 heterocycles. The van der Waals surface area contributed by atoms with E-state index in [1.54, 1.807) is 12.1 Å². The average Bonchev–Trinajstić information content (AvgIpc) is 2.64. The molecule has 0 atom stereocenters. The Morgan fingerprint density at radius 3 is 2.32 bits per heavy atom. The maximum Gasteiger partial charge on any atom is 0.328 e. The summed E-state index contributed by atoms with van der Waals surface area (Å²) in [5.41, 5.74) is 5.97. The molecule has 0 aliphatic heterocycles. The van der Waals surface area contributed by atoms with Crippen LogP contribution in [0.1, 0.15) is 0 Å². The zero-order valence-corrected chi connectivity index (χ0v) is 13.1. The summed E-state index contributed by atoms with van der Waals surface area (Å²) in [6.45, 7) is -0.313. The van der Waals surface area contributed by atoms with E-state index in [1.165, 1.54) is 0 Å². The molecule has 0 radical (unpaired) electrons. The van der Waals surface area contributed by atoms with Gasteiger partial charge in [-0.3, -0.25) is 20.4 Å². The normalized spacial score (nSPS) is 10.2. The summed E-state index contributed by atoms with van der Waals surface area (Å²) in [4.78, 5) is 33.2. The summed E-state index contributed by atoms with van der Waals surface area (Å²) in [6, 6.07) is 16.8. The lowest BCUT2D eigenvalue weighted by molar-refractivity contribution is -0.131. The van der Waals surface area contributed by atoms with Crippen molar-refractivity contribution in [2.24, 2.45) is 0 Å². The SMILES string of the molecule is O=C(O)C=CC(=O)NNC(=O)COc1ccccc1-c1ccccc1. The summed E-state index contributed by atoms with van der Waals surface area (Å²) in [7, 11) is 0. The largest absolute Gasteiger partial charge is 0.483 e. The van der Waals surface area contributed by atoms with Gasteiger partial charge in [0.2, 0.25) is 0 Å². The van der Waals surface area contributed by atoms with E-state index in [2.05, 4.69) is 10.9 Å². The van der Waals surface area contributed by atoms with E-state index in [9.17, 15) is 14.4 Å². The van der Waals surface area contributed by atoms with Crippen LogP contribution in [0.3, 0.4) is 0 Å². The molecule has 25 heavy (non-hydrogen) atoms. The van der Waals surface area contributed by atoms with Crippen molar-refractivity contribution in [3.05, 3.63) is 66.7 Å². The number of ether oxygens (including phenoxy) is 1. The molecule has 0 aliphatic carbocycles. The molecule has 128 valence electrons. The Balaban J connectivity index is 1.90. The number of carboxylic acids is 1. The number of hydrogen-bond donors (Lipinski definition) is 3. The van der Waals surface area contributed by atoms with Crippen LogP contribution in [0.25, 0.3) is 11.1 Å². The highest BCUT2D eigenvalue weighted by molar-refractivity contribution is 5.94. The summed E-state index contributed by atoms with van der Waals surface area (Å²) in [5, 5.41) is 8.40. The second-order valence-corrected chi connectivity index (χ2v) is 4.86. The molecule has 0 aromatic heterocycles. The molecule has 2 aromatic rings. The fourth-order valence-corrected chi connectivity index (χ4v) is 1.95. The Morgan fingerprint density at radius 2 is 1.60 bits per heavy atom. The molecule has 0 saturated heterocycles.